The minimum Gasteiger partial charge on any atom is -0.493 e. The molecule has 2 aromatic carbocycles. The van der Waals surface area contributed by atoms with Gasteiger partial charge in [-0.3, -0.25) is 0 Å². The third kappa shape index (κ3) is 5.84. The van der Waals surface area contributed by atoms with Gasteiger partial charge in [-0.1, -0.05) is 6.07 Å². The van der Waals surface area contributed by atoms with Crippen molar-refractivity contribution < 1.29 is 19.0 Å². The van der Waals surface area contributed by atoms with Crippen LogP contribution in [0.3, 0.4) is 0 Å². The Hall–Kier alpha value is -2.80. The molecule has 0 atom stereocenters. The molecule has 0 bridgehead atoms. The molecule has 2 rings (SSSR count). The number of ether oxygens (including phenoxy) is 2. The Morgan fingerprint density at radius 2 is 1.83 bits per heavy atom. The van der Waals surface area contributed by atoms with Gasteiger partial charge in [0.05, 0.1) is 27.4 Å². The van der Waals surface area contributed by atoms with E-state index in [9.17, 15) is 9.50 Å². The molecule has 0 aliphatic rings. The number of hydrogen-bond donors (Lipinski definition) is 2. The molecule has 0 saturated heterocycles. The van der Waals surface area contributed by atoms with E-state index in [1.165, 1.54) is 6.07 Å². The SMILES string of the molecule is CCNC(=NCc1ccc(F)c(CO)c1)N(C)Cc1cc(OC)c(OC)cc1C. The van der Waals surface area contributed by atoms with Crippen LogP contribution < -0.4 is 14.8 Å². The molecule has 0 unspecified atom stereocenters. The summed E-state index contributed by atoms with van der Waals surface area (Å²) >= 11 is 0. The molecule has 0 amide bonds. The van der Waals surface area contributed by atoms with Crippen LogP contribution in [0.15, 0.2) is 35.3 Å². The van der Waals surface area contributed by atoms with E-state index in [1.54, 1.807) is 26.4 Å². The first-order chi connectivity index (χ1) is 13.9. The van der Waals surface area contributed by atoms with Crippen molar-refractivity contribution in [2.24, 2.45) is 4.99 Å². The third-order valence-electron chi connectivity index (χ3n) is 4.64. The number of hydrogen-bond acceptors (Lipinski definition) is 4. The number of nitrogens with zero attached hydrogens (tertiary/aromatic N) is 2. The van der Waals surface area contributed by atoms with E-state index in [4.69, 9.17) is 9.47 Å². The fourth-order valence-corrected chi connectivity index (χ4v) is 3.01. The number of aliphatic imine (C=N–C) groups is 1. The molecular weight excluding hydrogens is 373 g/mol. The second kappa shape index (κ2) is 10.7. The number of halogens is 1. The van der Waals surface area contributed by atoms with Crippen LogP contribution in [0.5, 0.6) is 11.5 Å². The number of benzene rings is 2. The van der Waals surface area contributed by atoms with Gasteiger partial charge in [-0.25, -0.2) is 9.38 Å². The highest BCUT2D eigenvalue weighted by molar-refractivity contribution is 5.79. The van der Waals surface area contributed by atoms with Gasteiger partial charge in [0.15, 0.2) is 17.5 Å². The van der Waals surface area contributed by atoms with E-state index >= 15 is 0 Å². The first-order valence-corrected chi connectivity index (χ1v) is 9.52. The molecule has 0 heterocycles. The summed E-state index contributed by atoms with van der Waals surface area (Å²) < 4.78 is 24.4. The summed E-state index contributed by atoms with van der Waals surface area (Å²) in [7, 11) is 5.20. The number of rotatable bonds is 8. The molecule has 2 N–H and O–H groups in total. The Morgan fingerprint density at radius 1 is 1.14 bits per heavy atom. The smallest absolute Gasteiger partial charge is 0.194 e. The van der Waals surface area contributed by atoms with E-state index in [-0.39, 0.29) is 12.2 Å². The predicted octanol–water partition coefficient (Wildman–Crippen LogP) is 3.24. The van der Waals surface area contributed by atoms with Gasteiger partial charge < -0.3 is 24.8 Å². The topological polar surface area (TPSA) is 66.3 Å². The quantitative estimate of drug-likeness (QED) is 0.523. The maximum absolute atomic E-state index is 13.6. The fraction of sp³-hybridized carbons (Fsp3) is 0.409. The van der Waals surface area contributed by atoms with Crippen molar-refractivity contribution in [2.75, 3.05) is 27.8 Å². The Balaban J connectivity index is 2.21. The van der Waals surface area contributed by atoms with E-state index in [0.717, 1.165) is 29.2 Å². The minimum absolute atomic E-state index is 0.275. The summed E-state index contributed by atoms with van der Waals surface area (Å²) in [4.78, 5) is 6.68. The van der Waals surface area contributed by atoms with E-state index in [0.29, 0.717) is 24.6 Å². The van der Waals surface area contributed by atoms with Gasteiger partial charge in [0.2, 0.25) is 0 Å². The van der Waals surface area contributed by atoms with Gasteiger partial charge in [-0.2, -0.15) is 0 Å². The van der Waals surface area contributed by atoms with Crippen LogP contribution in [-0.2, 0) is 19.7 Å². The predicted molar refractivity (Wildman–Crippen MR) is 113 cm³/mol. The Bertz CT molecular complexity index is 855. The Labute approximate surface area is 172 Å². The van der Waals surface area contributed by atoms with Crippen LogP contribution in [0.2, 0.25) is 0 Å². The second-order valence-corrected chi connectivity index (χ2v) is 6.74. The first-order valence-electron chi connectivity index (χ1n) is 9.52. The summed E-state index contributed by atoms with van der Waals surface area (Å²) in [5, 5.41) is 12.5. The summed E-state index contributed by atoms with van der Waals surface area (Å²) in [6.45, 7) is 5.44. The Kier molecular flexibility index (Phi) is 8.27. The highest BCUT2D eigenvalue weighted by atomic mass is 19.1. The summed E-state index contributed by atoms with van der Waals surface area (Å²) in [5.74, 6) is 1.71. The Morgan fingerprint density at radius 3 is 2.45 bits per heavy atom. The van der Waals surface area contributed by atoms with Crippen molar-refractivity contribution in [3.63, 3.8) is 0 Å². The average Bonchev–Trinajstić information content (AvgIpc) is 2.72. The van der Waals surface area contributed by atoms with Crippen molar-refractivity contribution in [3.8, 4) is 11.5 Å². The van der Waals surface area contributed by atoms with Crippen LogP contribution in [-0.4, -0.2) is 43.8 Å². The summed E-state index contributed by atoms with van der Waals surface area (Å²) in [5.41, 5.74) is 3.30. The number of aliphatic hydroxyl groups excluding tert-OH is 1. The second-order valence-electron chi connectivity index (χ2n) is 6.74. The molecule has 0 saturated carbocycles. The van der Waals surface area contributed by atoms with Crippen molar-refractivity contribution >= 4 is 5.96 Å². The lowest BCUT2D eigenvalue weighted by atomic mass is 10.1. The normalized spacial score (nSPS) is 11.3. The molecule has 7 heteroatoms. The highest BCUT2D eigenvalue weighted by Crippen LogP contribution is 2.30. The lowest BCUT2D eigenvalue weighted by Crippen LogP contribution is -2.38. The van der Waals surface area contributed by atoms with Gasteiger partial charge in [-0.05, 0) is 54.8 Å². The molecule has 0 aliphatic carbocycles. The standard InChI is InChI=1S/C22H30FN3O3/c1-6-24-22(25-12-16-7-8-19(23)18(10-16)14-27)26(3)13-17-11-21(29-5)20(28-4)9-15(17)2/h7-11,27H,6,12-14H2,1-5H3,(H,24,25). The molecule has 0 aromatic heterocycles. The number of aliphatic hydroxyl groups is 1. The van der Waals surface area contributed by atoms with E-state index in [2.05, 4.69) is 10.3 Å². The molecule has 158 valence electrons. The maximum Gasteiger partial charge on any atom is 0.194 e. The number of methoxy groups -OCH3 is 2. The zero-order valence-electron chi connectivity index (χ0n) is 17.8. The van der Waals surface area contributed by atoms with Crippen molar-refractivity contribution in [2.45, 2.75) is 33.5 Å². The van der Waals surface area contributed by atoms with Crippen molar-refractivity contribution in [1.82, 2.24) is 10.2 Å². The lowest BCUT2D eigenvalue weighted by molar-refractivity contribution is 0.275. The monoisotopic (exact) mass is 403 g/mol. The molecule has 0 fully saturated rings. The number of aryl methyl sites for hydroxylation is 1. The highest BCUT2D eigenvalue weighted by Gasteiger charge is 2.13. The summed E-state index contributed by atoms with van der Waals surface area (Å²) in [6.07, 6.45) is 0. The van der Waals surface area contributed by atoms with Crippen molar-refractivity contribution in [3.05, 3.63) is 58.4 Å². The molecule has 29 heavy (non-hydrogen) atoms. The van der Waals surface area contributed by atoms with E-state index < -0.39 is 5.82 Å². The van der Waals surface area contributed by atoms with Gasteiger partial charge in [-0.15, -0.1) is 0 Å². The molecular formula is C22H30FN3O3. The van der Waals surface area contributed by atoms with Crippen LogP contribution in [0.25, 0.3) is 0 Å². The van der Waals surface area contributed by atoms with Crippen LogP contribution in [0, 0.1) is 12.7 Å². The fourth-order valence-electron chi connectivity index (χ4n) is 3.01. The molecule has 0 aliphatic heterocycles. The van der Waals surface area contributed by atoms with Gasteiger partial charge in [0.1, 0.15) is 5.82 Å². The van der Waals surface area contributed by atoms with E-state index in [1.807, 2.05) is 37.9 Å². The van der Waals surface area contributed by atoms with Gasteiger partial charge in [0.25, 0.3) is 0 Å². The van der Waals surface area contributed by atoms with Crippen molar-refractivity contribution in [1.29, 1.82) is 0 Å². The summed E-state index contributed by atoms with van der Waals surface area (Å²) in [6, 6.07) is 8.61. The lowest BCUT2D eigenvalue weighted by Gasteiger charge is -2.23. The molecule has 0 radical (unpaired) electrons. The minimum atomic E-state index is -0.409. The number of guanidine groups is 1. The number of nitrogens with one attached hydrogen (secondary N) is 1. The maximum atomic E-state index is 13.6. The molecule has 6 nitrogen and oxygen atoms in total. The third-order valence-corrected chi connectivity index (χ3v) is 4.64. The van der Waals surface area contributed by atoms with Crippen LogP contribution in [0.4, 0.5) is 4.39 Å². The van der Waals surface area contributed by atoms with Gasteiger partial charge >= 0.3 is 0 Å². The largest absolute Gasteiger partial charge is 0.493 e. The zero-order chi connectivity index (χ0) is 21.4. The van der Waals surface area contributed by atoms with Gasteiger partial charge in [0, 0.05) is 25.7 Å². The molecule has 0 spiro atoms. The molecule has 2 aromatic rings. The van der Waals surface area contributed by atoms with Crippen LogP contribution >= 0.6 is 0 Å². The zero-order valence-corrected chi connectivity index (χ0v) is 17.8. The average molecular weight is 403 g/mol. The first kappa shape index (κ1) is 22.5. The van der Waals surface area contributed by atoms with Crippen LogP contribution in [0.1, 0.15) is 29.2 Å².